The summed E-state index contributed by atoms with van der Waals surface area (Å²) in [6.07, 6.45) is 0.994. The van der Waals surface area contributed by atoms with Gasteiger partial charge in [0.1, 0.15) is 5.82 Å². The highest BCUT2D eigenvalue weighted by Gasteiger charge is 2.30. The van der Waals surface area contributed by atoms with Crippen LogP contribution in [-0.2, 0) is 6.42 Å². The fraction of sp³-hybridized carbons (Fsp3) is 0.190. The Morgan fingerprint density at radius 1 is 1.08 bits per heavy atom. The van der Waals surface area contributed by atoms with Gasteiger partial charge in [0.2, 0.25) is 5.95 Å². The zero-order valence-corrected chi connectivity index (χ0v) is 14.4. The van der Waals surface area contributed by atoms with E-state index >= 15 is 0 Å². The molecule has 4 rings (SSSR count). The lowest BCUT2D eigenvalue weighted by Crippen LogP contribution is -2.23. The summed E-state index contributed by atoms with van der Waals surface area (Å²) in [5, 5.41) is 0. The number of hydrogen-bond donors (Lipinski definition) is 1. The van der Waals surface area contributed by atoms with Crippen LogP contribution in [0.2, 0.25) is 0 Å². The molecule has 1 atom stereocenters. The minimum Gasteiger partial charge on any atom is -0.368 e. The van der Waals surface area contributed by atoms with Gasteiger partial charge in [-0.3, -0.25) is 4.79 Å². The van der Waals surface area contributed by atoms with E-state index in [-0.39, 0.29) is 23.5 Å². The molecule has 0 saturated heterocycles. The fourth-order valence-corrected chi connectivity index (χ4v) is 3.79. The van der Waals surface area contributed by atoms with Crippen LogP contribution in [0.5, 0.6) is 0 Å². The number of carbonyl (C=O) groups is 1. The van der Waals surface area contributed by atoms with Gasteiger partial charge >= 0.3 is 0 Å². The van der Waals surface area contributed by atoms with Crippen molar-refractivity contribution in [2.75, 3.05) is 5.73 Å². The molecule has 0 bridgehead atoms. The van der Waals surface area contributed by atoms with Crippen molar-refractivity contribution in [1.29, 1.82) is 0 Å². The summed E-state index contributed by atoms with van der Waals surface area (Å²) in [5.74, 6) is -0.0856. The number of nitrogen functional groups attached to an aromatic ring is 1. The minimum absolute atomic E-state index is 0.0248. The van der Waals surface area contributed by atoms with Gasteiger partial charge in [-0.15, -0.1) is 0 Å². The Hall–Kier alpha value is -3.08. The highest BCUT2D eigenvalue weighted by Crippen LogP contribution is 2.38. The molecule has 5 heteroatoms. The highest BCUT2D eigenvalue weighted by molar-refractivity contribution is 6.00. The second-order valence-corrected chi connectivity index (χ2v) is 6.61. The first-order valence-electron chi connectivity index (χ1n) is 8.54. The van der Waals surface area contributed by atoms with Gasteiger partial charge in [-0.1, -0.05) is 36.4 Å². The predicted octanol–water partition coefficient (Wildman–Crippen LogP) is 4.09. The molecule has 1 aliphatic rings. The molecule has 130 valence electrons. The monoisotopic (exact) mass is 347 g/mol. The van der Waals surface area contributed by atoms with Crippen molar-refractivity contribution in [2.45, 2.75) is 25.7 Å². The highest BCUT2D eigenvalue weighted by atomic mass is 19.1. The van der Waals surface area contributed by atoms with Gasteiger partial charge in [0.25, 0.3) is 0 Å². The third-order valence-electron chi connectivity index (χ3n) is 4.87. The third-order valence-corrected chi connectivity index (χ3v) is 4.87. The van der Waals surface area contributed by atoms with Crippen molar-refractivity contribution in [3.05, 3.63) is 76.9 Å². The average molecular weight is 347 g/mol. The van der Waals surface area contributed by atoms with E-state index in [4.69, 9.17) is 5.73 Å². The molecular weight excluding hydrogens is 329 g/mol. The normalized spacial score (nSPS) is 16.4. The summed E-state index contributed by atoms with van der Waals surface area (Å²) in [4.78, 5) is 21.1. The zero-order valence-electron chi connectivity index (χ0n) is 14.4. The number of anilines is 1. The van der Waals surface area contributed by atoms with Crippen LogP contribution in [-0.4, -0.2) is 15.8 Å². The van der Waals surface area contributed by atoms with E-state index in [1.165, 1.54) is 12.1 Å². The van der Waals surface area contributed by atoms with Crippen molar-refractivity contribution >= 4 is 11.7 Å². The molecule has 1 heterocycles. The van der Waals surface area contributed by atoms with Crippen LogP contribution < -0.4 is 5.73 Å². The average Bonchev–Trinajstić information content (AvgIpc) is 2.60. The number of Topliss-reactive ketones (excluding diaryl/α,β-unsaturated/α-hetero) is 1. The molecule has 0 spiro atoms. The molecule has 0 fully saturated rings. The second-order valence-electron chi connectivity index (χ2n) is 6.61. The minimum atomic E-state index is -0.279. The number of rotatable bonds is 2. The van der Waals surface area contributed by atoms with Crippen molar-refractivity contribution in [3.63, 3.8) is 0 Å². The number of benzene rings is 2. The lowest BCUT2D eigenvalue weighted by molar-refractivity contribution is 0.0962. The van der Waals surface area contributed by atoms with Crippen LogP contribution in [0.4, 0.5) is 10.3 Å². The lowest BCUT2D eigenvalue weighted by atomic mass is 9.78. The van der Waals surface area contributed by atoms with Gasteiger partial charge in [-0.2, -0.15) is 0 Å². The van der Waals surface area contributed by atoms with Gasteiger partial charge in [-0.05, 0) is 48.1 Å². The maximum atomic E-state index is 13.7. The molecule has 0 saturated carbocycles. The van der Waals surface area contributed by atoms with E-state index in [0.717, 1.165) is 16.7 Å². The van der Waals surface area contributed by atoms with Gasteiger partial charge in [-0.25, -0.2) is 14.4 Å². The predicted molar refractivity (Wildman–Crippen MR) is 98.4 cm³/mol. The zero-order chi connectivity index (χ0) is 18.3. The topological polar surface area (TPSA) is 68.9 Å². The number of nitrogens with two attached hydrogens (primary N) is 1. The quantitative estimate of drug-likeness (QED) is 0.758. The third kappa shape index (κ3) is 2.86. The summed E-state index contributed by atoms with van der Waals surface area (Å²) in [5.41, 5.74) is 10.5. The van der Waals surface area contributed by atoms with Crippen LogP contribution in [0.1, 0.15) is 39.6 Å². The summed E-state index contributed by atoms with van der Waals surface area (Å²) in [6.45, 7) is 1.79. The van der Waals surface area contributed by atoms with Crippen molar-refractivity contribution in [3.8, 4) is 11.1 Å². The molecule has 26 heavy (non-hydrogen) atoms. The van der Waals surface area contributed by atoms with E-state index in [1.807, 2.05) is 30.3 Å². The number of aryl methyl sites for hydroxylation is 1. The van der Waals surface area contributed by atoms with E-state index in [2.05, 4.69) is 9.97 Å². The number of aromatic nitrogens is 2. The first-order valence-corrected chi connectivity index (χ1v) is 8.54. The van der Waals surface area contributed by atoms with Crippen molar-refractivity contribution in [2.24, 2.45) is 0 Å². The SMILES string of the molecule is Cc1nc(N)nc2c1C(=O)CC(c1ccccc1-c1cccc(F)c1)C2. The van der Waals surface area contributed by atoms with Crippen LogP contribution in [0.15, 0.2) is 48.5 Å². The van der Waals surface area contributed by atoms with Gasteiger partial charge in [0.05, 0.1) is 17.0 Å². The summed E-state index contributed by atoms with van der Waals surface area (Å²) in [6, 6.07) is 14.3. The molecule has 1 aromatic heterocycles. The van der Waals surface area contributed by atoms with Crippen LogP contribution in [0.25, 0.3) is 11.1 Å². The maximum absolute atomic E-state index is 13.7. The Labute approximate surface area is 150 Å². The van der Waals surface area contributed by atoms with Gasteiger partial charge < -0.3 is 5.73 Å². The number of halogens is 1. The summed E-state index contributed by atoms with van der Waals surface area (Å²) in [7, 11) is 0. The number of ketones is 1. The number of nitrogens with zero attached hydrogens (tertiary/aromatic N) is 2. The maximum Gasteiger partial charge on any atom is 0.220 e. The Morgan fingerprint density at radius 3 is 2.69 bits per heavy atom. The molecule has 2 aromatic carbocycles. The van der Waals surface area contributed by atoms with E-state index < -0.39 is 0 Å². The Kier molecular flexibility index (Phi) is 3.99. The van der Waals surface area contributed by atoms with Crippen molar-refractivity contribution in [1.82, 2.24) is 9.97 Å². The van der Waals surface area contributed by atoms with Crippen LogP contribution in [0, 0.1) is 12.7 Å². The molecule has 0 amide bonds. The molecule has 0 aliphatic heterocycles. The Balaban J connectivity index is 1.79. The summed E-state index contributed by atoms with van der Waals surface area (Å²) >= 11 is 0. The summed E-state index contributed by atoms with van der Waals surface area (Å²) < 4.78 is 13.7. The molecular formula is C21H18FN3O. The Bertz CT molecular complexity index is 1020. The lowest BCUT2D eigenvalue weighted by Gasteiger charge is -2.26. The molecule has 3 aromatic rings. The number of hydrogen-bond acceptors (Lipinski definition) is 4. The molecule has 2 N–H and O–H groups in total. The van der Waals surface area contributed by atoms with E-state index in [0.29, 0.717) is 29.8 Å². The number of fused-ring (bicyclic) bond motifs is 1. The van der Waals surface area contributed by atoms with Crippen molar-refractivity contribution < 1.29 is 9.18 Å². The number of carbonyl (C=O) groups excluding carboxylic acids is 1. The second kappa shape index (κ2) is 6.33. The fourth-order valence-electron chi connectivity index (χ4n) is 3.79. The van der Waals surface area contributed by atoms with Gasteiger partial charge in [0, 0.05) is 6.42 Å². The molecule has 4 nitrogen and oxygen atoms in total. The Morgan fingerprint density at radius 2 is 1.88 bits per heavy atom. The van der Waals surface area contributed by atoms with Crippen LogP contribution in [0.3, 0.4) is 0 Å². The molecule has 0 radical (unpaired) electrons. The van der Waals surface area contributed by atoms with Gasteiger partial charge in [0.15, 0.2) is 5.78 Å². The first kappa shape index (κ1) is 16.4. The first-order chi connectivity index (χ1) is 12.5. The standard InChI is InChI=1S/C21H18FN3O/c1-12-20-18(25-21(23)24-12)10-14(11-19(20)26)17-8-3-2-7-16(17)13-5-4-6-15(22)9-13/h2-9,14H,10-11H2,1H3,(H2,23,24,25). The van der Waals surface area contributed by atoms with E-state index in [9.17, 15) is 9.18 Å². The molecule has 1 unspecified atom stereocenters. The largest absolute Gasteiger partial charge is 0.368 e. The van der Waals surface area contributed by atoms with E-state index in [1.54, 1.807) is 13.0 Å². The van der Waals surface area contributed by atoms with Crippen LogP contribution >= 0.6 is 0 Å². The molecule has 1 aliphatic carbocycles. The smallest absolute Gasteiger partial charge is 0.220 e.